The first-order valence-electron chi connectivity index (χ1n) is 8.80. The number of hydrogen-bond donors (Lipinski definition) is 5. The van der Waals surface area contributed by atoms with E-state index in [4.69, 9.17) is 16.2 Å². The number of carboxylic acid groups (broad SMARTS) is 1. The van der Waals surface area contributed by atoms with Crippen LogP contribution in [0.15, 0.2) is 29.1 Å². The van der Waals surface area contributed by atoms with Gasteiger partial charge in [0, 0.05) is 17.2 Å². The molecule has 28 heavy (non-hydrogen) atoms. The van der Waals surface area contributed by atoms with Gasteiger partial charge in [-0.05, 0) is 25.7 Å². The van der Waals surface area contributed by atoms with E-state index in [0.717, 1.165) is 0 Å². The van der Waals surface area contributed by atoms with Gasteiger partial charge >= 0.3 is 5.97 Å². The molecule has 0 bridgehead atoms. The molecule has 3 rings (SSSR count). The van der Waals surface area contributed by atoms with E-state index in [-0.39, 0.29) is 29.3 Å². The highest BCUT2D eigenvalue weighted by Gasteiger charge is 2.27. The lowest BCUT2D eigenvalue weighted by molar-refractivity contribution is -0.142. The second kappa shape index (κ2) is 7.99. The van der Waals surface area contributed by atoms with Crippen LogP contribution in [0, 0.1) is 11.3 Å². The highest BCUT2D eigenvalue weighted by Crippen LogP contribution is 2.24. The summed E-state index contributed by atoms with van der Waals surface area (Å²) in [5.74, 6) is -1.75. The molecule has 1 aromatic heterocycles. The Hall–Kier alpha value is -3.56. The van der Waals surface area contributed by atoms with Crippen molar-refractivity contribution in [3.05, 3.63) is 45.9 Å². The molecule has 10 nitrogen and oxygen atoms in total. The molecule has 146 valence electrons. The number of nitrogens with two attached hydrogens (primary N) is 1. The molecule has 1 fully saturated rings. The van der Waals surface area contributed by atoms with Crippen molar-refractivity contribution in [2.75, 3.05) is 0 Å². The summed E-state index contributed by atoms with van der Waals surface area (Å²) in [5.41, 5.74) is 5.49. The van der Waals surface area contributed by atoms with Gasteiger partial charge in [-0.15, -0.1) is 0 Å². The Morgan fingerprint density at radius 3 is 2.39 bits per heavy atom. The minimum atomic E-state index is -0.822. The third-order valence-corrected chi connectivity index (χ3v) is 4.78. The number of amidine groups is 1. The van der Waals surface area contributed by atoms with Gasteiger partial charge in [-0.3, -0.25) is 19.8 Å². The molecule has 0 atom stereocenters. The zero-order valence-corrected chi connectivity index (χ0v) is 14.9. The van der Waals surface area contributed by atoms with Crippen LogP contribution in [0.25, 0.3) is 11.4 Å². The van der Waals surface area contributed by atoms with Crippen LogP contribution in [0.1, 0.15) is 41.7 Å². The number of rotatable bonds is 5. The lowest BCUT2D eigenvalue weighted by Gasteiger charge is -2.26. The van der Waals surface area contributed by atoms with Crippen molar-refractivity contribution in [2.45, 2.75) is 31.7 Å². The van der Waals surface area contributed by atoms with Crippen LogP contribution < -0.4 is 16.6 Å². The summed E-state index contributed by atoms with van der Waals surface area (Å²) in [5, 5.41) is 25.3. The quantitative estimate of drug-likeness (QED) is 0.368. The molecule has 1 aliphatic carbocycles. The van der Waals surface area contributed by atoms with Gasteiger partial charge in [0.2, 0.25) is 0 Å². The van der Waals surface area contributed by atoms with Crippen molar-refractivity contribution < 1.29 is 14.7 Å². The number of amides is 1. The molecule has 2 aromatic rings. The lowest BCUT2D eigenvalue weighted by Crippen LogP contribution is -2.41. The van der Waals surface area contributed by atoms with Gasteiger partial charge in [-0.1, -0.05) is 24.3 Å². The first-order chi connectivity index (χ1) is 13.3. The van der Waals surface area contributed by atoms with E-state index < -0.39 is 17.4 Å². The maximum absolute atomic E-state index is 12.5. The van der Waals surface area contributed by atoms with Crippen LogP contribution in [-0.4, -0.2) is 44.0 Å². The fraction of sp³-hybridized carbons (Fsp3) is 0.333. The summed E-state index contributed by atoms with van der Waals surface area (Å²) in [7, 11) is 0. The van der Waals surface area contributed by atoms with Crippen LogP contribution in [0.2, 0.25) is 0 Å². The number of hydrogen-bond acceptors (Lipinski definition) is 6. The molecule has 6 N–H and O–H groups in total. The molecule has 1 heterocycles. The summed E-state index contributed by atoms with van der Waals surface area (Å²) in [6.45, 7) is 0. The summed E-state index contributed by atoms with van der Waals surface area (Å²) in [4.78, 5) is 39.6. The zero-order chi connectivity index (χ0) is 20.3. The van der Waals surface area contributed by atoms with E-state index in [1.807, 2.05) is 0 Å². The third-order valence-electron chi connectivity index (χ3n) is 4.78. The number of carboxylic acids is 1. The minimum absolute atomic E-state index is 0.0772. The van der Waals surface area contributed by atoms with E-state index in [2.05, 4.69) is 20.5 Å². The van der Waals surface area contributed by atoms with Crippen molar-refractivity contribution in [3.63, 3.8) is 0 Å². The zero-order valence-electron chi connectivity index (χ0n) is 14.9. The Labute approximate surface area is 159 Å². The van der Waals surface area contributed by atoms with Gasteiger partial charge in [-0.2, -0.15) is 5.10 Å². The molecular formula is C18H20N6O4. The Kier molecular flexibility index (Phi) is 5.48. The fourth-order valence-corrected chi connectivity index (χ4v) is 3.16. The molecule has 1 aromatic carbocycles. The summed E-state index contributed by atoms with van der Waals surface area (Å²) >= 11 is 0. The van der Waals surface area contributed by atoms with Crippen molar-refractivity contribution in [1.29, 1.82) is 5.41 Å². The molecule has 1 amide bonds. The number of aromatic nitrogens is 3. The van der Waals surface area contributed by atoms with Gasteiger partial charge in [-0.25, -0.2) is 10.1 Å². The number of nitrogen functional groups attached to an aromatic ring is 1. The van der Waals surface area contributed by atoms with Gasteiger partial charge in [0.15, 0.2) is 11.5 Å². The summed E-state index contributed by atoms with van der Waals surface area (Å²) in [6, 6.07) is 6.31. The van der Waals surface area contributed by atoms with Crippen LogP contribution in [0.4, 0.5) is 0 Å². The molecule has 0 spiro atoms. The standard InChI is InChI=1S/C18H20N6O4/c19-14(20)9-1-3-10(4-2-9)15-22-13(17(26)24-23-15)16(25)21-12-7-5-11(6-8-12)18(27)28/h1-4,11-12H,5-8H2,(H3,19,20)(H,21,25)(H,24,26)(H,27,28)/t11-,12-. The second-order valence-electron chi connectivity index (χ2n) is 6.69. The molecule has 0 saturated heterocycles. The first kappa shape index (κ1) is 19.2. The SMILES string of the molecule is N=C(N)c1ccc(-c2n[nH]c(=O)c(C(=O)N[C@H]3CC[C@H](C(=O)O)CC3)n2)cc1. The average Bonchev–Trinajstić information content (AvgIpc) is 2.68. The van der Waals surface area contributed by atoms with Gasteiger partial charge in [0.25, 0.3) is 11.5 Å². The number of benzene rings is 1. The summed E-state index contributed by atoms with van der Waals surface area (Å²) in [6.07, 6.45) is 2.03. The Morgan fingerprint density at radius 1 is 1.18 bits per heavy atom. The molecule has 0 unspecified atom stereocenters. The monoisotopic (exact) mass is 384 g/mol. The highest BCUT2D eigenvalue weighted by molar-refractivity contribution is 5.95. The third kappa shape index (κ3) is 4.22. The van der Waals surface area contributed by atoms with E-state index >= 15 is 0 Å². The Bertz CT molecular complexity index is 961. The van der Waals surface area contributed by atoms with E-state index in [9.17, 15) is 14.4 Å². The lowest BCUT2D eigenvalue weighted by atomic mass is 9.86. The van der Waals surface area contributed by atoms with Gasteiger partial charge < -0.3 is 16.2 Å². The van der Waals surface area contributed by atoms with Crippen LogP contribution >= 0.6 is 0 Å². The fourth-order valence-electron chi connectivity index (χ4n) is 3.16. The minimum Gasteiger partial charge on any atom is -0.481 e. The number of H-pyrrole nitrogens is 1. The number of aromatic amines is 1. The second-order valence-corrected chi connectivity index (χ2v) is 6.69. The van der Waals surface area contributed by atoms with Crippen LogP contribution in [0.5, 0.6) is 0 Å². The maximum Gasteiger partial charge on any atom is 0.306 e. The van der Waals surface area contributed by atoms with Gasteiger partial charge in [0.05, 0.1) is 5.92 Å². The van der Waals surface area contributed by atoms with Gasteiger partial charge in [0.1, 0.15) is 5.84 Å². The maximum atomic E-state index is 12.5. The molecule has 0 aliphatic heterocycles. The van der Waals surface area contributed by atoms with Crippen molar-refractivity contribution in [3.8, 4) is 11.4 Å². The normalized spacial score (nSPS) is 19.0. The summed E-state index contributed by atoms with van der Waals surface area (Å²) < 4.78 is 0. The van der Waals surface area contributed by atoms with Crippen molar-refractivity contribution in [1.82, 2.24) is 20.5 Å². The molecule has 1 saturated carbocycles. The molecular weight excluding hydrogens is 364 g/mol. The van der Waals surface area contributed by atoms with Crippen LogP contribution in [-0.2, 0) is 4.79 Å². The Balaban J connectivity index is 1.74. The largest absolute Gasteiger partial charge is 0.481 e. The van der Waals surface area contributed by atoms with Crippen LogP contribution in [0.3, 0.4) is 0 Å². The number of carbonyl (C=O) groups is 2. The number of nitrogens with zero attached hydrogens (tertiary/aromatic N) is 2. The molecule has 1 aliphatic rings. The highest BCUT2D eigenvalue weighted by atomic mass is 16.4. The average molecular weight is 384 g/mol. The van der Waals surface area contributed by atoms with Crippen molar-refractivity contribution >= 4 is 17.7 Å². The molecule has 0 radical (unpaired) electrons. The topological polar surface area (TPSA) is 175 Å². The number of nitrogens with one attached hydrogen (secondary N) is 3. The molecule has 10 heteroatoms. The predicted octanol–water partition coefficient (Wildman–Crippen LogP) is 0.489. The van der Waals surface area contributed by atoms with E-state index in [1.54, 1.807) is 24.3 Å². The first-order valence-corrected chi connectivity index (χ1v) is 8.80. The smallest absolute Gasteiger partial charge is 0.306 e. The van der Waals surface area contributed by atoms with Crippen molar-refractivity contribution in [2.24, 2.45) is 11.7 Å². The number of aliphatic carboxylic acids is 1. The Morgan fingerprint density at radius 2 is 1.82 bits per heavy atom. The van der Waals surface area contributed by atoms with E-state index in [1.165, 1.54) is 0 Å². The van der Waals surface area contributed by atoms with E-state index in [0.29, 0.717) is 36.8 Å². The number of carbonyl (C=O) groups excluding carboxylic acids is 1. The predicted molar refractivity (Wildman–Crippen MR) is 100.0 cm³/mol.